The lowest BCUT2D eigenvalue weighted by molar-refractivity contribution is 0.395. The number of nitrogens with zero attached hydrogens (tertiary/aromatic N) is 1. The summed E-state index contributed by atoms with van der Waals surface area (Å²) in [6, 6.07) is 4.41. The van der Waals surface area contributed by atoms with Crippen LogP contribution in [0, 0.1) is 5.92 Å². The van der Waals surface area contributed by atoms with E-state index >= 15 is 0 Å². The highest BCUT2D eigenvalue weighted by molar-refractivity contribution is 5.47. The van der Waals surface area contributed by atoms with E-state index in [9.17, 15) is 5.11 Å². The predicted molar refractivity (Wildman–Crippen MR) is 101 cm³/mol. The standard InChI is InChI=1S/C21H37NO/c1-8-10-11-16(9-2)12-18-13-17(15-22(6)7)14-19(20(18)23)21(3,4)5/h13-14,16,23H,8-12,15H2,1-7H3. The largest absolute Gasteiger partial charge is 0.507 e. The summed E-state index contributed by atoms with van der Waals surface area (Å²) in [7, 11) is 4.19. The second-order valence-electron chi connectivity index (χ2n) is 8.26. The van der Waals surface area contributed by atoms with E-state index in [0.29, 0.717) is 11.7 Å². The molecule has 0 saturated carbocycles. The maximum atomic E-state index is 10.8. The van der Waals surface area contributed by atoms with E-state index in [1.54, 1.807) is 0 Å². The molecule has 2 nitrogen and oxygen atoms in total. The van der Waals surface area contributed by atoms with Crippen molar-refractivity contribution >= 4 is 0 Å². The van der Waals surface area contributed by atoms with Crippen LogP contribution < -0.4 is 0 Å². The zero-order valence-electron chi connectivity index (χ0n) is 16.4. The number of hydrogen-bond acceptors (Lipinski definition) is 2. The lowest BCUT2D eigenvalue weighted by Crippen LogP contribution is -2.16. The Morgan fingerprint density at radius 2 is 1.78 bits per heavy atom. The predicted octanol–water partition coefficient (Wildman–Crippen LogP) is 5.51. The number of aromatic hydroxyl groups is 1. The first-order valence-electron chi connectivity index (χ1n) is 9.19. The average molecular weight is 320 g/mol. The zero-order valence-corrected chi connectivity index (χ0v) is 16.4. The van der Waals surface area contributed by atoms with Crippen molar-refractivity contribution in [2.24, 2.45) is 5.92 Å². The topological polar surface area (TPSA) is 23.5 Å². The van der Waals surface area contributed by atoms with Gasteiger partial charge in [0.1, 0.15) is 5.75 Å². The number of phenolic OH excluding ortho intramolecular Hbond substituents is 1. The van der Waals surface area contributed by atoms with Crippen LogP contribution in [0.15, 0.2) is 12.1 Å². The lowest BCUT2D eigenvalue weighted by Gasteiger charge is -2.25. The normalized spacial score (nSPS) is 13.6. The van der Waals surface area contributed by atoms with Crippen LogP contribution in [0.5, 0.6) is 5.75 Å². The Kier molecular flexibility index (Phi) is 7.60. The summed E-state index contributed by atoms with van der Waals surface area (Å²) in [5.41, 5.74) is 3.49. The van der Waals surface area contributed by atoms with Crippen molar-refractivity contribution in [2.45, 2.75) is 78.7 Å². The molecule has 1 rings (SSSR count). The molecule has 0 amide bonds. The minimum atomic E-state index is -0.0354. The zero-order chi connectivity index (χ0) is 17.6. The van der Waals surface area contributed by atoms with E-state index in [1.807, 2.05) is 0 Å². The summed E-state index contributed by atoms with van der Waals surface area (Å²) in [6.45, 7) is 12.0. The molecule has 0 aliphatic heterocycles. The van der Waals surface area contributed by atoms with Gasteiger partial charge in [0.15, 0.2) is 0 Å². The molecule has 0 aliphatic rings. The second kappa shape index (κ2) is 8.73. The molecule has 1 N–H and O–H groups in total. The van der Waals surface area contributed by atoms with Crippen molar-refractivity contribution in [2.75, 3.05) is 14.1 Å². The maximum Gasteiger partial charge on any atom is 0.122 e. The quantitative estimate of drug-likeness (QED) is 0.683. The minimum Gasteiger partial charge on any atom is -0.507 e. The molecule has 0 aromatic heterocycles. The van der Waals surface area contributed by atoms with Crippen LogP contribution in [0.2, 0.25) is 0 Å². The SMILES string of the molecule is CCCCC(CC)Cc1cc(CN(C)C)cc(C(C)(C)C)c1O. The van der Waals surface area contributed by atoms with Crippen LogP contribution in [0.25, 0.3) is 0 Å². The maximum absolute atomic E-state index is 10.8. The van der Waals surface area contributed by atoms with Crippen molar-refractivity contribution in [3.8, 4) is 5.75 Å². The molecule has 0 bridgehead atoms. The Morgan fingerprint density at radius 3 is 2.26 bits per heavy atom. The van der Waals surface area contributed by atoms with Gasteiger partial charge in [-0.3, -0.25) is 0 Å². The van der Waals surface area contributed by atoms with Crippen molar-refractivity contribution in [1.82, 2.24) is 4.90 Å². The molecular formula is C21H37NO. The molecule has 0 fully saturated rings. The summed E-state index contributed by atoms with van der Waals surface area (Å²) in [5, 5.41) is 10.8. The Balaban J connectivity index is 3.17. The fourth-order valence-corrected chi connectivity index (χ4v) is 3.20. The first-order valence-corrected chi connectivity index (χ1v) is 9.19. The molecule has 132 valence electrons. The molecule has 1 aromatic carbocycles. The Morgan fingerprint density at radius 1 is 1.13 bits per heavy atom. The summed E-state index contributed by atoms with van der Waals surface area (Å²) in [6.07, 6.45) is 5.96. The fraction of sp³-hybridized carbons (Fsp3) is 0.714. The molecule has 1 unspecified atom stereocenters. The van der Waals surface area contributed by atoms with Gasteiger partial charge in [0, 0.05) is 6.54 Å². The fourth-order valence-electron chi connectivity index (χ4n) is 3.20. The van der Waals surface area contributed by atoms with Crippen molar-refractivity contribution < 1.29 is 5.11 Å². The number of benzene rings is 1. The number of hydrogen-bond donors (Lipinski definition) is 1. The Bertz CT molecular complexity index is 485. The molecular weight excluding hydrogens is 282 g/mol. The highest BCUT2D eigenvalue weighted by Crippen LogP contribution is 2.36. The van der Waals surface area contributed by atoms with E-state index in [0.717, 1.165) is 24.1 Å². The lowest BCUT2D eigenvalue weighted by atomic mass is 9.82. The molecule has 0 spiro atoms. The third kappa shape index (κ3) is 6.18. The summed E-state index contributed by atoms with van der Waals surface area (Å²) in [4.78, 5) is 2.19. The minimum absolute atomic E-state index is 0.0354. The number of rotatable bonds is 8. The second-order valence-corrected chi connectivity index (χ2v) is 8.26. The van der Waals surface area contributed by atoms with E-state index in [-0.39, 0.29) is 5.41 Å². The van der Waals surface area contributed by atoms with E-state index in [2.05, 4.69) is 65.7 Å². The van der Waals surface area contributed by atoms with Gasteiger partial charge in [0.05, 0.1) is 0 Å². The summed E-state index contributed by atoms with van der Waals surface area (Å²) < 4.78 is 0. The molecule has 0 aliphatic carbocycles. The van der Waals surface area contributed by atoms with Crippen LogP contribution in [0.4, 0.5) is 0 Å². The van der Waals surface area contributed by atoms with Crippen LogP contribution in [-0.2, 0) is 18.4 Å². The van der Waals surface area contributed by atoms with E-state index < -0.39 is 0 Å². The molecule has 0 saturated heterocycles. The van der Waals surface area contributed by atoms with Crippen LogP contribution in [-0.4, -0.2) is 24.1 Å². The van der Waals surface area contributed by atoms with Gasteiger partial charge in [-0.1, -0.05) is 72.4 Å². The Hall–Kier alpha value is -1.02. The number of unbranched alkanes of at least 4 members (excludes halogenated alkanes) is 1. The third-order valence-corrected chi connectivity index (χ3v) is 4.61. The van der Waals surface area contributed by atoms with Gasteiger partial charge in [0.2, 0.25) is 0 Å². The van der Waals surface area contributed by atoms with Gasteiger partial charge in [-0.25, -0.2) is 0 Å². The summed E-state index contributed by atoms with van der Waals surface area (Å²) in [5.74, 6) is 1.19. The van der Waals surface area contributed by atoms with Gasteiger partial charge in [0.25, 0.3) is 0 Å². The molecule has 0 radical (unpaired) electrons. The highest BCUT2D eigenvalue weighted by Gasteiger charge is 2.22. The molecule has 1 atom stereocenters. The van der Waals surface area contributed by atoms with Crippen LogP contribution >= 0.6 is 0 Å². The van der Waals surface area contributed by atoms with Crippen LogP contribution in [0.3, 0.4) is 0 Å². The number of phenols is 1. The molecule has 2 heteroatoms. The van der Waals surface area contributed by atoms with Crippen molar-refractivity contribution in [3.05, 3.63) is 28.8 Å². The average Bonchev–Trinajstić information content (AvgIpc) is 2.44. The van der Waals surface area contributed by atoms with Gasteiger partial charge in [-0.15, -0.1) is 0 Å². The molecule has 1 aromatic rings. The van der Waals surface area contributed by atoms with Crippen molar-refractivity contribution in [1.29, 1.82) is 0 Å². The van der Waals surface area contributed by atoms with E-state index in [4.69, 9.17) is 0 Å². The van der Waals surface area contributed by atoms with Gasteiger partial charge >= 0.3 is 0 Å². The third-order valence-electron chi connectivity index (χ3n) is 4.61. The van der Waals surface area contributed by atoms with Gasteiger partial charge < -0.3 is 10.0 Å². The smallest absolute Gasteiger partial charge is 0.122 e. The molecule has 0 heterocycles. The van der Waals surface area contributed by atoms with Crippen LogP contribution in [0.1, 0.15) is 77.0 Å². The highest BCUT2D eigenvalue weighted by atomic mass is 16.3. The van der Waals surface area contributed by atoms with Gasteiger partial charge in [-0.2, -0.15) is 0 Å². The van der Waals surface area contributed by atoms with E-state index in [1.165, 1.54) is 31.2 Å². The first-order chi connectivity index (χ1) is 10.7. The van der Waals surface area contributed by atoms with Gasteiger partial charge in [-0.05, 0) is 48.5 Å². The summed E-state index contributed by atoms with van der Waals surface area (Å²) >= 11 is 0. The Labute approximate surface area is 143 Å². The molecule has 23 heavy (non-hydrogen) atoms. The van der Waals surface area contributed by atoms with Crippen molar-refractivity contribution in [3.63, 3.8) is 0 Å². The monoisotopic (exact) mass is 319 g/mol. The first kappa shape index (κ1) is 20.0.